The maximum Gasteiger partial charge on any atom is 0.161 e. The van der Waals surface area contributed by atoms with Crippen LogP contribution in [0.4, 0.5) is 35.1 Å². The Balaban J connectivity index is 0.000000671. The Morgan fingerprint density at radius 1 is 0.241 bits per heavy atom. The Morgan fingerprint density at radius 2 is 0.534 bits per heavy atom. The van der Waals surface area contributed by atoms with Crippen molar-refractivity contribution in [3.63, 3.8) is 0 Å². The third kappa shape index (κ3) is 17.9. The fourth-order valence-electron chi connectivity index (χ4n) is 4.51. The summed E-state index contributed by atoms with van der Waals surface area (Å²) in [6, 6.07) is 26.0. The van der Waals surface area contributed by atoms with Gasteiger partial charge in [0.2, 0.25) is 0 Å². The molecule has 0 N–H and O–H groups in total. The summed E-state index contributed by atoms with van der Waals surface area (Å²) in [5.41, 5.74) is 8.71. The van der Waals surface area contributed by atoms with Crippen LogP contribution in [0.2, 0.25) is 0 Å². The molecule has 0 amide bonds. The molecule has 6 aromatic carbocycles. The average molecular weight is 811 g/mol. The predicted molar refractivity (Wildman–Crippen MR) is 227 cm³/mol. The molecule has 0 heterocycles. The summed E-state index contributed by atoms with van der Waals surface area (Å²) in [5.74, 6) is -3.55. The van der Waals surface area contributed by atoms with Gasteiger partial charge in [-0.1, -0.05) is 79.2 Å². The van der Waals surface area contributed by atoms with Crippen LogP contribution in [0.25, 0.3) is 0 Å². The van der Waals surface area contributed by atoms with Gasteiger partial charge in [-0.25, -0.2) is 35.1 Å². The van der Waals surface area contributed by atoms with E-state index in [1.165, 1.54) is 69.2 Å². The van der Waals surface area contributed by atoms with E-state index >= 15 is 0 Å². The van der Waals surface area contributed by atoms with Crippen LogP contribution in [0.15, 0.2) is 91.0 Å². The van der Waals surface area contributed by atoms with Crippen molar-refractivity contribution in [2.75, 3.05) is 0 Å². The van der Waals surface area contributed by atoms with Gasteiger partial charge in [-0.3, -0.25) is 0 Å². The largest absolute Gasteiger partial charge is 0.207 e. The van der Waals surface area contributed by atoms with Crippen molar-refractivity contribution in [2.24, 2.45) is 0 Å². The summed E-state index contributed by atoms with van der Waals surface area (Å²) in [4.78, 5) is 0. The highest BCUT2D eigenvalue weighted by Crippen LogP contribution is 2.19. The van der Waals surface area contributed by atoms with Crippen molar-refractivity contribution < 1.29 is 35.1 Å². The topological polar surface area (TPSA) is 0 Å². The number of rotatable bonds is 0. The molecule has 6 aromatic rings. The van der Waals surface area contributed by atoms with Crippen LogP contribution >= 0.6 is 0 Å². The van der Waals surface area contributed by atoms with Crippen molar-refractivity contribution in [1.29, 1.82) is 0 Å². The van der Waals surface area contributed by atoms with Crippen molar-refractivity contribution in [2.45, 2.75) is 97.4 Å². The molecule has 58 heavy (non-hydrogen) atoms. The summed E-state index contributed by atoms with van der Waals surface area (Å²) in [6.07, 6.45) is 0. The number of aryl methyl sites for hydroxylation is 10. The summed E-state index contributed by atoms with van der Waals surface area (Å²) in [7, 11) is 0. The summed E-state index contributed by atoms with van der Waals surface area (Å²) < 4.78 is 101. The first-order valence-electron chi connectivity index (χ1n) is 18.2. The molecule has 0 aliphatic rings. The van der Waals surface area contributed by atoms with Crippen LogP contribution in [-0.4, -0.2) is 0 Å². The smallest absolute Gasteiger partial charge is 0.161 e. The molecule has 0 unspecified atom stereocenters. The standard InChI is InChI=1S/C9H10F2.2C8H8F2.2C8H9F.C8H10.CH4/c1-5-4-8(10)7(3)9(11)6(5)2;1-5-3-7(9)6(2)8(10)4-5;1-5-3-4-6(2)8(10)7(5)9;2*1-6-3-4-7(2)8(9)5-6;1-7-3-5-8(2)6-4-7;/h4H,1-3H3;2*3-4H,1-2H3;2*3-5H,1-2H3;3-6H,1-2H3;1H4. The van der Waals surface area contributed by atoms with Gasteiger partial charge in [0.05, 0.1) is 0 Å². The molecule has 0 aliphatic carbocycles. The Morgan fingerprint density at radius 3 is 0.862 bits per heavy atom. The summed E-state index contributed by atoms with van der Waals surface area (Å²) >= 11 is 0. The summed E-state index contributed by atoms with van der Waals surface area (Å²) in [5, 5.41) is 0. The van der Waals surface area contributed by atoms with Gasteiger partial charge >= 0.3 is 0 Å². The SMILES string of the molecule is C.Cc1cc(F)c(C)c(F)c1.Cc1cc(F)c(C)c(F)c1C.Cc1ccc(C)c(F)c1.Cc1ccc(C)c(F)c1.Cc1ccc(C)c(F)c1F.Cc1ccc(C)cc1. The zero-order valence-corrected chi connectivity index (χ0v) is 35.2. The van der Waals surface area contributed by atoms with Crippen LogP contribution in [0.1, 0.15) is 79.8 Å². The van der Waals surface area contributed by atoms with Gasteiger partial charge in [-0.05, 0) is 170 Å². The van der Waals surface area contributed by atoms with Gasteiger partial charge in [0, 0.05) is 11.1 Å². The molecule has 0 aliphatic heterocycles. The second kappa shape index (κ2) is 25.2. The molecule has 0 spiro atoms. The molecular weight excluding hydrogens is 753 g/mol. The quantitative estimate of drug-likeness (QED) is 0.134. The Kier molecular flexibility index (Phi) is 22.9. The zero-order chi connectivity index (χ0) is 43.7. The fraction of sp³-hybridized carbons (Fsp3) is 0.280. The van der Waals surface area contributed by atoms with E-state index in [1.54, 1.807) is 58.9 Å². The van der Waals surface area contributed by atoms with Crippen molar-refractivity contribution in [1.82, 2.24) is 0 Å². The molecule has 0 nitrogen and oxygen atoms in total. The number of hydrogen-bond donors (Lipinski definition) is 0. The maximum absolute atomic E-state index is 13.0. The van der Waals surface area contributed by atoms with E-state index in [9.17, 15) is 35.1 Å². The number of hydrogen-bond acceptors (Lipinski definition) is 0. The zero-order valence-electron chi connectivity index (χ0n) is 35.2. The van der Waals surface area contributed by atoms with Crippen molar-refractivity contribution in [3.05, 3.63) is 210 Å². The van der Waals surface area contributed by atoms with Crippen LogP contribution in [0.3, 0.4) is 0 Å². The molecule has 314 valence electrons. The van der Waals surface area contributed by atoms with E-state index in [1.807, 2.05) is 26.0 Å². The normalized spacial score (nSPS) is 9.67. The first-order chi connectivity index (χ1) is 26.5. The molecule has 8 heteroatoms. The van der Waals surface area contributed by atoms with Crippen LogP contribution in [0.5, 0.6) is 0 Å². The van der Waals surface area contributed by atoms with Crippen molar-refractivity contribution >= 4 is 0 Å². The molecule has 0 fully saturated rings. The lowest BCUT2D eigenvalue weighted by molar-refractivity contribution is 0.497. The lowest BCUT2D eigenvalue weighted by atomic mass is 10.1. The average Bonchev–Trinajstić information content (AvgIpc) is 3.15. The van der Waals surface area contributed by atoms with Gasteiger partial charge in [-0.15, -0.1) is 0 Å². The van der Waals surface area contributed by atoms with E-state index < -0.39 is 34.9 Å². The maximum atomic E-state index is 13.0. The molecule has 0 saturated carbocycles. The Labute approximate surface area is 341 Å². The van der Waals surface area contributed by atoms with Crippen LogP contribution in [-0.2, 0) is 0 Å². The lowest BCUT2D eigenvalue weighted by Crippen LogP contribution is -1.95. The van der Waals surface area contributed by atoms with E-state index in [0.29, 0.717) is 38.9 Å². The van der Waals surface area contributed by atoms with Gasteiger partial charge in [-0.2, -0.15) is 0 Å². The number of halogens is 8. The summed E-state index contributed by atoms with van der Waals surface area (Å²) in [6.45, 7) is 22.4. The van der Waals surface area contributed by atoms with Crippen LogP contribution < -0.4 is 0 Å². The Hall–Kier alpha value is -5.24. The molecule has 0 radical (unpaired) electrons. The Bertz CT molecular complexity index is 2060. The second-order valence-electron chi connectivity index (χ2n) is 14.1. The minimum atomic E-state index is -0.736. The van der Waals surface area contributed by atoms with E-state index in [0.717, 1.165) is 11.1 Å². The molecule has 0 saturated heterocycles. The molecule has 0 atom stereocenters. The first kappa shape index (κ1) is 52.8. The van der Waals surface area contributed by atoms with Crippen LogP contribution in [0, 0.1) is 137 Å². The second-order valence-corrected chi connectivity index (χ2v) is 14.1. The fourth-order valence-corrected chi connectivity index (χ4v) is 4.51. The lowest BCUT2D eigenvalue weighted by Gasteiger charge is -2.04. The van der Waals surface area contributed by atoms with E-state index in [2.05, 4.69) is 38.1 Å². The molecular formula is C50H58F8. The van der Waals surface area contributed by atoms with Gasteiger partial charge in [0.1, 0.15) is 34.9 Å². The molecule has 0 aromatic heterocycles. The minimum absolute atomic E-state index is 0. The van der Waals surface area contributed by atoms with E-state index in [-0.39, 0.29) is 30.2 Å². The first-order valence-corrected chi connectivity index (χ1v) is 18.2. The highest BCUT2D eigenvalue weighted by Gasteiger charge is 2.09. The molecule has 0 bridgehead atoms. The highest BCUT2D eigenvalue weighted by molar-refractivity contribution is 5.32. The van der Waals surface area contributed by atoms with Crippen molar-refractivity contribution in [3.8, 4) is 0 Å². The van der Waals surface area contributed by atoms with Gasteiger partial charge in [0.15, 0.2) is 11.6 Å². The van der Waals surface area contributed by atoms with Gasteiger partial charge in [0.25, 0.3) is 0 Å². The van der Waals surface area contributed by atoms with E-state index in [4.69, 9.17) is 0 Å². The number of benzene rings is 6. The third-order valence-corrected chi connectivity index (χ3v) is 8.72. The highest BCUT2D eigenvalue weighted by atomic mass is 19.2. The minimum Gasteiger partial charge on any atom is -0.207 e. The third-order valence-electron chi connectivity index (χ3n) is 8.72. The van der Waals surface area contributed by atoms with Gasteiger partial charge < -0.3 is 0 Å². The molecule has 6 rings (SSSR count). The predicted octanol–water partition coefficient (Wildman–Crippen LogP) is 15.9. The monoisotopic (exact) mass is 810 g/mol.